The lowest BCUT2D eigenvalue weighted by Gasteiger charge is -2.15. The second kappa shape index (κ2) is 5.63. The van der Waals surface area contributed by atoms with Crippen LogP contribution in [0, 0.1) is 5.21 Å². The summed E-state index contributed by atoms with van der Waals surface area (Å²) in [6.45, 7) is 0.675. The quantitative estimate of drug-likeness (QED) is 0.566. The van der Waals surface area contributed by atoms with Crippen LogP contribution in [0.15, 0.2) is 30.3 Å². The Morgan fingerprint density at radius 3 is 2.46 bits per heavy atom. The molecule has 2 aliphatic heterocycles. The van der Waals surface area contributed by atoms with Gasteiger partial charge >= 0.3 is 5.82 Å². The van der Waals surface area contributed by atoms with Gasteiger partial charge in [0, 0.05) is 17.7 Å². The molecule has 2 aromatic carbocycles. The summed E-state index contributed by atoms with van der Waals surface area (Å²) in [5.74, 6) is 2.87. The predicted octanol–water partition coefficient (Wildman–Crippen LogP) is 1.71. The molecule has 0 spiro atoms. The second-order valence-corrected chi connectivity index (χ2v) is 5.99. The predicted molar refractivity (Wildman–Crippen MR) is 91.1 cm³/mol. The summed E-state index contributed by atoms with van der Waals surface area (Å²) >= 11 is 0. The highest BCUT2D eigenvalue weighted by molar-refractivity contribution is 5.93. The third-order valence-electron chi connectivity index (χ3n) is 4.41. The first-order chi connectivity index (χ1) is 12.7. The number of ether oxygens (including phenoxy) is 4. The molecule has 0 atom stereocenters. The van der Waals surface area contributed by atoms with Gasteiger partial charge in [-0.2, -0.15) is 0 Å². The SMILES string of the molecule is CNCc1nc2cc3c(cc2c(-c2ccc4c(c2)OCO4)[n+]1[O-])OCO3. The maximum atomic E-state index is 13.0. The molecule has 0 amide bonds. The fraction of sp³-hybridized carbons (Fsp3) is 0.222. The molecule has 0 unspecified atom stereocenters. The van der Waals surface area contributed by atoms with Gasteiger partial charge in [0.15, 0.2) is 28.5 Å². The zero-order valence-electron chi connectivity index (χ0n) is 13.9. The topological polar surface area (TPSA) is 88.8 Å². The molecule has 2 aliphatic rings. The van der Waals surface area contributed by atoms with E-state index in [9.17, 15) is 5.21 Å². The van der Waals surface area contributed by atoms with Gasteiger partial charge in [-0.1, -0.05) is 0 Å². The molecule has 26 heavy (non-hydrogen) atoms. The molecule has 3 heterocycles. The van der Waals surface area contributed by atoms with Crippen molar-refractivity contribution in [3.05, 3.63) is 41.4 Å². The van der Waals surface area contributed by atoms with E-state index in [0.29, 0.717) is 57.5 Å². The van der Waals surface area contributed by atoms with Crippen molar-refractivity contribution in [1.82, 2.24) is 10.3 Å². The Morgan fingerprint density at radius 2 is 1.69 bits per heavy atom. The Bertz CT molecular complexity index is 1040. The monoisotopic (exact) mass is 353 g/mol. The Hall–Kier alpha value is -3.26. The minimum absolute atomic E-state index is 0.158. The molecule has 1 aromatic heterocycles. The van der Waals surface area contributed by atoms with Crippen LogP contribution in [0.5, 0.6) is 23.0 Å². The van der Waals surface area contributed by atoms with Crippen LogP contribution in [0.2, 0.25) is 0 Å². The third-order valence-corrected chi connectivity index (χ3v) is 4.41. The van der Waals surface area contributed by atoms with Gasteiger partial charge in [-0.15, -0.1) is 0 Å². The highest BCUT2D eigenvalue weighted by atomic mass is 16.7. The van der Waals surface area contributed by atoms with E-state index in [-0.39, 0.29) is 13.6 Å². The van der Waals surface area contributed by atoms with E-state index in [1.165, 1.54) is 0 Å². The van der Waals surface area contributed by atoms with E-state index in [1.807, 2.05) is 6.07 Å². The summed E-state index contributed by atoms with van der Waals surface area (Å²) < 4.78 is 22.6. The number of nitrogens with one attached hydrogen (secondary N) is 1. The van der Waals surface area contributed by atoms with Gasteiger partial charge in [-0.25, -0.2) is 4.73 Å². The molecule has 1 N–H and O–H groups in total. The van der Waals surface area contributed by atoms with Crippen LogP contribution in [-0.4, -0.2) is 25.6 Å². The van der Waals surface area contributed by atoms with Crippen molar-refractivity contribution in [2.45, 2.75) is 6.54 Å². The zero-order chi connectivity index (χ0) is 17.7. The van der Waals surface area contributed by atoms with Crippen LogP contribution >= 0.6 is 0 Å². The van der Waals surface area contributed by atoms with Crippen molar-refractivity contribution >= 4 is 10.9 Å². The standard InChI is InChI=1S/C18H15N3O5/c1-19-7-17-20-12-6-16-15(25-9-26-16)5-11(12)18(21(17)22)10-2-3-13-14(4-10)24-8-23-13/h2-6,19H,7-9H2,1H3. The van der Waals surface area contributed by atoms with E-state index in [1.54, 1.807) is 31.3 Å². The summed E-state index contributed by atoms with van der Waals surface area (Å²) in [6, 6.07) is 9.04. The van der Waals surface area contributed by atoms with Crippen LogP contribution in [-0.2, 0) is 6.54 Å². The van der Waals surface area contributed by atoms with Gasteiger partial charge in [0.05, 0.1) is 5.39 Å². The minimum atomic E-state index is 0.158. The van der Waals surface area contributed by atoms with E-state index in [4.69, 9.17) is 18.9 Å². The number of aromatic nitrogens is 2. The number of hydrogen-bond acceptors (Lipinski definition) is 7. The molecular weight excluding hydrogens is 338 g/mol. The molecule has 0 aliphatic carbocycles. The van der Waals surface area contributed by atoms with Crippen LogP contribution in [0.4, 0.5) is 0 Å². The summed E-state index contributed by atoms with van der Waals surface area (Å²) in [5, 5.41) is 16.7. The van der Waals surface area contributed by atoms with E-state index in [0.717, 1.165) is 4.73 Å². The Balaban J connectivity index is 1.80. The smallest absolute Gasteiger partial charge is 0.316 e. The van der Waals surface area contributed by atoms with E-state index >= 15 is 0 Å². The Labute approximate surface area is 148 Å². The molecule has 0 fully saturated rings. The number of hydrogen-bond donors (Lipinski definition) is 1. The molecule has 5 rings (SSSR count). The van der Waals surface area contributed by atoms with Gasteiger partial charge < -0.3 is 29.5 Å². The van der Waals surface area contributed by atoms with Crippen molar-refractivity contribution in [2.24, 2.45) is 0 Å². The molecule has 8 heteroatoms. The minimum Gasteiger partial charge on any atom is -0.710 e. The van der Waals surface area contributed by atoms with Crippen molar-refractivity contribution in [2.75, 3.05) is 20.6 Å². The number of rotatable bonds is 3. The zero-order valence-corrected chi connectivity index (χ0v) is 13.9. The molecular formula is C18H15N3O5. The van der Waals surface area contributed by atoms with Crippen molar-refractivity contribution in [3.63, 3.8) is 0 Å². The van der Waals surface area contributed by atoms with E-state index in [2.05, 4.69) is 10.3 Å². The molecule has 8 nitrogen and oxygen atoms in total. The lowest BCUT2D eigenvalue weighted by molar-refractivity contribution is -0.605. The maximum Gasteiger partial charge on any atom is 0.316 e. The van der Waals surface area contributed by atoms with Crippen molar-refractivity contribution < 1.29 is 23.7 Å². The fourth-order valence-electron chi connectivity index (χ4n) is 3.22. The second-order valence-electron chi connectivity index (χ2n) is 5.99. The van der Waals surface area contributed by atoms with Crippen LogP contribution < -0.4 is 29.0 Å². The molecule has 132 valence electrons. The molecule has 0 radical (unpaired) electrons. The van der Waals surface area contributed by atoms with Crippen molar-refractivity contribution in [1.29, 1.82) is 0 Å². The van der Waals surface area contributed by atoms with Gasteiger partial charge in [0.25, 0.3) is 0 Å². The summed E-state index contributed by atoms with van der Waals surface area (Å²) in [6.07, 6.45) is 0. The maximum absolute atomic E-state index is 13.0. The first-order valence-corrected chi connectivity index (χ1v) is 8.15. The van der Waals surface area contributed by atoms with Crippen LogP contribution in [0.1, 0.15) is 5.82 Å². The van der Waals surface area contributed by atoms with Gasteiger partial charge in [-0.05, 0) is 30.2 Å². The lowest BCUT2D eigenvalue weighted by Crippen LogP contribution is -2.38. The van der Waals surface area contributed by atoms with Gasteiger partial charge in [0.2, 0.25) is 13.6 Å². The lowest BCUT2D eigenvalue weighted by atomic mass is 10.0. The molecule has 0 bridgehead atoms. The number of nitrogens with zero attached hydrogens (tertiary/aromatic N) is 2. The first kappa shape index (κ1) is 15.0. The highest BCUT2D eigenvalue weighted by Gasteiger charge is 2.25. The average molecular weight is 353 g/mol. The van der Waals surface area contributed by atoms with Gasteiger partial charge in [0.1, 0.15) is 12.2 Å². The third kappa shape index (κ3) is 2.19. The summed E-state index contributed by atoms with van der Waals surface area (Å²) in [5.41, 5.74) is 1.86. The summed E-state index contributed by atoms with van der Waals surface area (Å²) in [7, 11) is 1.77. The van der Waals surface area contributed by atoms with E-state index < -0.39 is 0 Å². The average Bonchev–Trinajstić information content (AvgIpc) is 3.29. The normalized spacial score (nSPS) is 14.2. The van der Waals surface area contributed by atoms with Crippen LogP contribution in [0.3, 0.4) is 0 Å². The van der Waals surface area contributed by atoms with Crippen LogP contribution in [0.25, 0.3) is 22.2 Å². The Morgan fingerprint density at radius 1 is 1.00 bits per heavy atom. The molecule has 0 saturated carbocycles. The largest absolute Gasteiger partial charge is 0.710 e. The number of benzene rings is 2. The summed E-state index contributed by atoms with van der Waals surface area (Å²) in [4.78, 5) is 4.50. The Kier molecular flexibility index (Phi) is 3.26. The van der Waals surface area contributed by atoms with Gasteiger partial charge in [-0.3, -0.25) is 0 Å². The number of fused-ring (bicyclic) bond motifs is 3. The molecule has 3 aromatic rings. The van der Waals surface area contributed by atoms with Crippen molar-refractivity contribution in [3.8, 4) is 34.3 Å². The highest BCUT2D eigenvalue weighted by Crippen LogP contribution is 2.40. The molecule has 0 saturated heterocycles. The fourth-order valence-corrected chi connectivity index (χ4v) is 3.22. The first-order valence-electron chi connectivity index (χ1n) is 8.15.